The second-order valence-corrected chi connectivity index (χ2v) is 2.65. The van der Waals surface area contributed by atoms with Gasteiger partial charge in [-0.15, -0.1) is 0 Å². The summed E-state index contributed by atoms with van der Waals surface area (Å²) < 4.78 is 0. The highest BCUT2D eigenvalue weighted by Gasteiger charge is 2.14. The third kappa shape index (κ3) is 3.88. The van der Waals surface area contributed by atoms with Crippen LogP contribution in [0.15, 0.2) is 5.16 Å². The van der Waals surface area contributed by atoms with Crippen LogP contribution < -0.4 is 5.32 Å². The summed E-state index contributed by atoms with van der Waals surface area (Å²) >= 11 is 0. The molecular formula is C6H12N2O2. The van der Waals surface area contributed by atoms with Crippen molar-refractivity contribution in [2.24, 2.45) is 5.16 Å². The molecule has 0 aromatic heterocycles. The maximum atomic E-state index is 10.5. The van der Waals surface area contributed by atoms with Gasteiger partial charge < -0.3 is 10.5 Å². The average Bonchev–Trinajstić information content (AvgIpc) is 1.59. The van der Waals surface area contributed by atoms with Gasteiger partial charge in [0.2, 0.25) is 5.91 Å². The molecule has 0 heterocycles. The van der Waals surface area contributed by atoms with Crippen LogP contribution in [-0.2, 0) is 4.79 Å². The van der Waals surface area contributed by atoms with Crippen LogP contribution >= 0.6 is 0 Å². The van der Waals surface area contributed by atoms with E-state index in [2.05, 4.69) is 10.5 Å². The number of amides is 1. The van der Waals surface area contributed by atoms with Crippen LogP contribution in [0.2, 0.25) is 0 Å². The molecule has 0 aromatic rings. The van der Waals surface area contributed by atoms with Gasteiger partial charge in [-0.1, -0.05) is 5.16 Å². The van der Waals surface area contributed by atoms with E-state index in [4.69, 9.17) is 5.21 Å². The molecule has 0 saturated carbocycles. The molecule has 0 fully saturated rings. The van der Waals surface area contributed by atoms with Gasteiger partial charge in [0.15, 0.2) is 0 Å². The molecule has 0 aliphatic heterocycles. The first-order valence-corrected chi connectivity index (χ1v) is 2.95. The first-order chi connectivity index (χ1) is 4.48. The maximum Gasteiger partial charge on any atom is 0.217 e. The number of carbonyl (C=O) groups is 1. The second kappa shape index (κ2) is 3.20. The Hall–Kier alpha value is -1.06. The monoisotopic (exact) mass is 144 g/mol. The summed E-state index contributed by atoms with van der Waals surface area (Å²) in [4.78, 5) is 10.5. The van der Waals surface area contributed by atoms with Crippen LogP contribution in [0.5, 0.6) is 0 Å². The number of nitrogens with zero attached hydrogens (tertiary/aromatic N) is 1. The molecule has 0 rings (SSSR count). The van der Waals surface area contributed by atoms with E-state index in [9.17, 15) is 4.79 Å². The van der Waals surface area contributed by atoms with Crippen LogP contribution in [0.3, 0.4) is 0 Å². The lowest BCUT2D eigenvalue weighted by molar-refractivity contribution is -0.119. The summed E-state index contributed by atoms with van der Waals surface area (Å²) in [7, 11) is 0. The van der Waals surface area contributed by atoms with Crippen molar-refractivity contribution >= 4 is 12.1 Å². The molecule has 0 spiro atoms. The van der Waals surface area contributed by atoms with Crippen LogP contribution in [-0.4, -0.2) is 22.9 Å². The fraction of sp³-hybridized carbons (Fsp3) is 0.667. The van der Waals surface area contributed by atoms with Crippen LogP contribution in [0.4, 0.5) is 0 Å². The minimum atomic E-state index is -0.569. The van der Waals surface area contributed by atoms with Gasteiger partial charge in [-0.2, -0.15) is 0 Å². The SMILES string of the molecule is CC(=O)NC(C)(C)C=NO. The number of hydrogen-bond acceptors (Lipinski definition) is 3. The maximum absolute atomic E-state index is 10.5. The average molecular weight is 144 g/mol. The molecule has 2 N–H and O–H groups in total. The highest BCUT2D eigenvalue weighted by Crippen LogP contribution is 1.96. The van der Waals surface area contributed by atoms with E-state index in [1.807, 2.05) is 0 Å². The first-order valence-electron chi connectivity index (χ1n) is 2.95. The lowest BCUT2D eigenvalue weighted by Crippen LogP contribution is -2.43. The second-order valence-electron chi connectivity index (χ2n) is 2.65. The quantitative estimate of drug-likeness (QED) is 0.334. The lowest BCUT2D eigenvalue weighted by atomic mass is 10.1. The summed E-state index contributed by atoms with van der Waals surface area (Å²) in [6.07, 6.45) is 1.26. The third-order valence-electron chi connectivity index (χ3n) is 0.879. The predicted molar refractivity (Wildman–Crippen MR) is 38.2 cm³/mol. The summed E-state index contributed by atoms with van der Waals surface area (Å²) in [5, 5.41) is 13.5. The minimum Gasteiger partial charge on any atom is -0.411 e. The zero-order valence-electron chi connectivity index (χ0n) is 6.38. The molecule has 0 atom stereocenters. The third-order valence-corrected chi connectivity index (χ3v) is 0.879. The molecule has 1 amide bonds. The number of carbonyl (C=O) groups excluding carboxylic acids is 1. The Balaban J connectivity index is 3.99. The van der Waals surface area contributed by atoms with E-state index < -0.39 is 5.54 Å². The number of hydrogen-bond donors (Lipinski definition) is 2. The molecule has 0 saturated heterocycles. The van der Waals surface area contributed by atoms with Crippen LogP contribution in [0.1, 0.15) is 20.8 Å². The summed E-state index contributed by atoms with van der Waals surface area (Å²) in [6, 6.07) is 0. The van der Waals surface area contributed by atoms with Gasteiger partial charge in [-0.3, -0.25) is 4.79 Å². The zero-order valence-corrected chi connectivity index (χ0v) is 6.38. The van der Waals surface area contributed by atoms with Gasteiger partial charge in [0.05, 0.1) is 11.8 Å². The normalized spacial score (nSPS) is 11.9. The summed E-state index contributed by atoms with van der Waals surface area (Å²) in [5.41, 5.74) is -0.569. The summed E-state index contributed by atoms with van der Waals surface area (Å²) in [6.45, 7) is 4.87. The Morgan fingerprint density at radius 3 is 2.50 bits per heavy atom. The van der Waals surface area contributed by atoms with Crippen molar-refractivity contribution in [3.8, 4) is 0 Å². The van der Waals surface area contributed by atoms with Crippen molar-refractivity contribution in [1.82, 2.24) is 5.32 Å². The Kier molecular flexibility index (Phi) is 2.86. The van der Waals surface area contributed by atoms with Gasteiger partial charge >= 0.3 is 0 Å². The van der Waals surface area contributed by atoms with E-state index in [1.54, 1.807) is 13.8 Å². The first kappa shape index (κ1) is 8.94. The molecule has 58 valence electrons. The number of rotatable bonds is 2. The standard InChI is InChI=1S/C6H12N2O2/c1-5(9)8-6(2,3)4-7-10/h4,10H,1-3H3,(H,8,9). The molecular weight excluding hydrogens is 132 g/mol. The highest BCUT2D eigenvalue weighted by atomic mass is 16.4. The van der Waals surface area contributed by atoms with Crippen molar-refractivity contribution < 1.29 is 10.0 Å². The van der Waals surface area contributed by atoms with E-state index in [1.165, 1.54) is 13.1 Å². The molecule has 4 heteroatoms. The minimum absolute atomic E-state index is 0.148. The van der Waals surface area contributed by atoms with Crippen molar-refractivity contribution in [3.05, 3.63) is 0 Å². The van der Waals surface area contributed by atoms with E-state index >= 15 is 0 Å². The Morgan fingerprint density at radius 1 is 1.70 bits per heavy atom. The Morgan fingerprint density at radius 2 is 2.20 bits per heavy atom. The zero-order chi connectivity index (χ0) is 8.20. The van der Waals surface area contributed by atoms with E-state index in [0.717, 1.165) is 0 Å². The fourth-order valence-electron chi connectivity index (χ4n) is 0.630. The molecule has 0 bridgehead atoms. The highest BCUT2D eigenvalue weighted by molar-refractivity contribution is 5.80. The molecule has 4 nitrogen and oxygen atoms in total. The predicted octanol–water partition coefficient (Wildman–Crippen LogP) is 0.361. The lowest BCUT2D eigenvalue weighted by Gasteiger charge is -2.18. The molecule has 0 aliphatic carbocycles. The Labute approximate surface area is 59.9 Å². The van der Waals surface area contributed by atoms with Gasteiger partial charge in [-0.25, -0.2) is 0 Å². The van der Waals surface area contributed by atoms with Crippen molar-refractivity contribution in [2.45, 2.75) is 26.3 Å². The van der Waals surface area contributed by atoms with E-state index in [0.29, 0.717) is 0 Å². The molecule has 10 heavy (non-hydrogen) atoms. The van der Waals surface area contributed by atoms with Crippen molar-refractivity contribution in [2.75, 3.05) is 0 Å². The Bertz CT molecular complexity index is 152. The molecule has 0 unspecified atom stereocenters. The van der Waals surface area contributed by atoms with Gasteiger partial charge in [-0.05, 0) is 13.8 Å². The topological polar surface area (TPSA) is 61.7 Å². The molecule has 0 aromatic carbocycles. The smallest absolute Gasteiger partial charge is 0.217 e. The van der Waals surface area contributed by atoms with Crippen molar-refractivity contribution in [1.29, 1.82) is 0 Å². The number of nitrogens with one attached hydrogen (secondary N) is 1. The van der Waals surface area contributed by atoms with Crippen LogP contribution in [0, 0.1) is 0 Å². The molecule has 0 radical (unpaired) electrons. The van der Waals surface area contributed by atoms with Gasteiger partial charge in [0.1, 0.15) is 0 Å². The summed E-state index contributed by atoms with van der Waals surface area (Å²) in [5.74, 6) is -0.148. The van der Waals surface area contributed by atoms with Crippen LogP contribution in [0.25, 0.3) is 0 Å². The van der Waals surface area contributed by atoms with Gasteiger partial charge in [0, 0.05) is 6.92 Å². The largest absolute Gasteiger partial charge is 0.411 e. The number of oxime groups is 1. The molecule has 0 aliphatic rings. The fourth-order valence-corrected chi connectivity index (χ4v) is 0.630. The van der Waals surface area contributed by atoms with E-state index in [-0.39, 0.29) is 5.91 Å². The van der Waals surface area contributed by atoms with Gasteiger partial charge in [0.25, 0.3) is 0 Å². The van der Waals surface area contributed by atoms with Crippen molar-refractivity contribution in [3.63, 3.8) is 0 Å².